The smallest absolute Gasteiger partial charge is 0.262 e. The van der Waals surface area contributed by atoms with Crippen LogP contribution in [-0.2, 0) is 21.9 Å². The molecule has 8 heteroatoms. The van der Waals surface area contributed by atoms with Gasteiger partial charge in [-0.15, -0.1) is 0 Å². The molecule has 3 rings (SSSR count). The molecule has 1 aliphatic heterocycles. The molecule has 0 N–H and O–H groups in total. The summed E-state index contributed by atoms with van der Waals surface area (Å²) in [5, 5.41) is 0.0958. The largest absolute Gasteiger partial charge is 0.341 e. The Hall–Kier alpha value is -1.41. The van der Waals surface area contributed by atoms with Crippen molar-refractivity contribution < 1.29 is 13.2 Å². The number of hydrogen-bond acceptors (Lipinski definition) is 4. The van der Waals surface area contributed by atoms with Gasteiger partial charge in [0, 0.05) is 45.8 Å². The first kappa shape index (κ1) is 19.4. The van der Waals surface area contributed by atoms with Gasteiger partial charge in [-0.05, 0) is 25.7 Å². The molecule has 2 aliphatic rings. The van der Waals surface area contributed by atoms with Crippen molar-refractivity contribution in [3.8, 4) is 0 Å². The molecular weight excluding hydrogens is 352 g/mol. The molecule has 1 saturated heterocycles. The SMILES string of the molecule is Cc1nc(S(=O)(=O)N2CCCN(C(=O)CCC3CCCC3)CC2)cn1C. The van der Waals surface area contributed by atoms with E-state index in [1.807, 2.05) is 4.90 Å². The molecule has 1 saturated carbocycles. The zero-order chi connectivity index (χ0) is 18.7. The van der Waals surface area contributed by atoms with E-state index in [4.69, 9.17) is 0 Å². The van der Waals surface area contributed by atoms with Crippen LogP contribution in [0.5, 0.6) is 0 Å². The summed E-state index contributed by atoms with van der Waals surface area (Å²) in [7, 11) is -1.81. The van der Waals surface area contributed by atoms with Crippen LogP contribution in [-0.4, -0.2) is 59.3 Å². The molecule has 2 fully saturated rings. The van der Waals surface area contributed by atoms with Gasteiger partial charge in [-0.1, -0.05) is 25.7 Å². The molecule has 0 atom stereocenters. The van der Waals surface area contributed by atoms with E-state index in [2.05, 4.69) is 4.98 Å². The highest BCUT2D eigenvalue weighted by atomic mass is 32.2. The Morgan fingerprint density at radius 1 is 1.15 bits per heavy atom. The third kappa shape index (κ3) is 4.28. The van der Waals surface area contributed by atoms with Crippen LogP contribution in [0.4, 0.5) is 0 Å². The molecule has 0 spiro atoms. The third-order valence-corrected chi connectivity index (χ3v) is 7.51. The lowest BCUT2D eigenvalue weighted by molar-refractivity contribution is -0.131. The minimum Gasteiger partial charge on any atom is -0.341 e. The summed E-state index contributed by atoms with van der Waals surface area (Å²) >= 11 is 0. The van der Waals surface area contributed by atoms with E-state index >= 15 is 0 Å². The summed E-state index contributed by atoms with van der Waals surface area (Å²) in [4.78, 5) is 18.5. The third-order valence-electron chi connectivity index (χ3n) is 5.74. The van der Waals surface area contributed by atoms with Crippen LogP contribution in [0.3, 0.4) is 0 Å². The Labute approximate surface area is 156 Å². The number of aromatic nitrogens is 2. The van der Waals surface area contributed by atoms with Crippen LogP contribution in [0.1, 0.15) is 50.8 Å². The lowest BCUT2D eigenvalue weighted by Gasteiger charge is -2.22. The molecule has 1 aromatic rings. The highest BCUT2D eigenvalue weighted by Crippen LogP contribution is 2.28. The Morgan fingerprint density at radius 3 is 2.54 bits per heavy atom. The number of hydrogen-bond donors (Lipinski definition) is 0. The van der Waals surface area contributed by atoms with E-state index < -0.39 is 10.0 Å². The van der Waals surface area contributed by atoms with E-state index in [9.17, 15) is 13.2 Å². The number of carbonyl (C=O) groups is 1. The van der Waals surface area contributed by atoms with Crippen molar-refractivity contribution in [2.75, 3.05) is 26.2 Å². The number of sulfonamides is 1. The number of carbonyl (C=O) groups excluding carboxylic acids is 1. The van der Waals surface area contributed by atoms with Crippen LogP contribution in [0.15, 0.2) is 11.2 Å². The zero-order valence-corrected chi connectivity index (χ0v) is 16.7. The van der Waals surface area contributed by atoms with Crippen molar-refractivity contribution in [1.82, 2.24) is 18.8 Å². The monoisotopic (exact) mass is 382 g/mol. The number of amides is 1. The topological polar surface area (TPSA) is 75.5 Å². The van der Waals surface area contributed by atoms with Crippen LogP contribution in [0, 0.1) is 12.8 Å². The molecule has 7 nitrogen and oxygen atoms in total. The van der Waals surface area contributed by atoms with Crippen molar-refractivity contribution in [2.24, 2.45) is 13.0 Å². The van der Waals surface area contributed by atoms with Gasteiger partial charge in [0.25, 0.3) is 10.0 Å². The van der Waals surface area contributed by atoms with Gasteiger partial charge >= 0.3 is 0 Å². The number of aryl methyl sites for hydroxylation is 2. The maximum absolute atomic E-state index is 12.8. The predicted molar refractivity (Wildman–Crippen MR) is 99.1 cm³/mol. The fourth-order valence-electron chi connectivity index (χ4n) is 3.95. The van der Waals surface area contributed by atoms with Gasteiger partial charge in [0.1, 0.15) is 5.82 Å². The van der Waals surface area contributed by atoms with E-state index in [1.54, 1.807) is 24.7 Å². The molecule has 1 aliphatic carbocycles. The minimum atomic E-state index is -3.60. The molecule has 0 unspecified atom stereocenters. The molecular formula is C18H30N4O3S. The van der Waals surface area contributed by atoms with E-state index in [-0.39, 0.29) is 10.9 Å². The molecule has 146 valence electrons. The molecule has 26 heavy (non-hydrogen) atoms. The first-order chi connectivity index (χ1) is 12.4. The average Bonchev–Trinajstić information content (AvgIpc) is 3.15. The lowest BCUT2D eigenvalue weighted by Crippen LogP contribution is -2.37. The van der Waals surface area contributed by atoms with E-state index in [0.717, 1.165) is 6.42 Å². The first-order valence-electron chi connectivity index (χ1n) is 9.66. The number of nitrogens with zero attached hydrogens (tertiary/aromatic N) is 4. The molecule has 2 heterocycles. The maximum Gasteiger partial charge on any atom is 0.262 e. The van der Waals surface area contributed by atoms with E-state index in [0.29, 0.717) is 50.8 Å². The highest BCUT2D eigenvalue weighted by Gasteiger charge is 2.30. The maximum atomic E-state index is 12.8. The van der Waals surface area contributed by atoms with Crippen molar-refractivity contribution in [2.45, 2.75) is 56.9 Å². The van der Waals surface area contributed by atoms with Gasteiger partial charge in [-0.25, -0.2) is 13.4 Å². The number of imidazole rings is 1. The van der Waals surface area contributed by atoms with Gasteiger partial charge in [0.2, 0.25) is 5.91 Å². The van der Waals surface area contributed by atoms with Gasteiger partial charge in [-0.3, -0.25) is 4.79 Å². The summed E-state index contributed by atoms with van der Waals surface area (Å²) in [6.45, 7) is 3.66. The Balaban J connectivity index is 1.57. The number of rotatable bonds is 5. The summed E-state index contributed by atoms with van der Waals surface area (Å²) in [6.07, 6.45) is 8.89. The summed E-state index contributed by atoms with van der Waals surface area (Å²) in [5.41, 5.74) is 0. The van der Waals surface area contributed by atoms with Crippen LogP contribution in [0.25, 0.3) is 0 Å². The Kier molecular flexibility index (Phi) is 6.02. The van der Waals surface area contributed by atoms with Gasteiger partial charge in [-0.2, -0.15) is 4.31 Å². The van der Waals surface area contributed by atoms with E-state index in [1.165, 1.54) is 30.0 Å². The second kappa shape index (κ2) is 8.08. The zero-order valence-electron chi connectivity index (χ0n) is 15.9. The van der Waals surface area contributed by atoms with Gasteiger partial charge in [0.05, 0.1) is 0 Å². The minimum absolute atomic E-state index is 0.0958. The average molecular weight is 383 g/mol. The molecule has 0 bridgehead atoms. The quantitative estimate of drug-likeness (QED) is 0.780. The van der Waals surface area contributed by atoms with Gasteiger partial charge in [0.15, 0.2) is 5.03 Å². The lowest BCUT2D eigenvalue weighted by atomic mass is 10.0. The van der Waals surface area contributed by atoms with Crippen LogP contribution < -0.4 is 0 Å². The molecule has 1 aromatic heterocycles. The standard InChI is InChI=1S/C18H30N4O3S/c1-15-19-17(14-20(15)2)26(24,25)22-11-5-10-21(12-13-22)18(23)9-8-16-6-3-4-7-16/h14,16H,3-13H2,1-2H3. The normalized spacial score (nSPS) is 20.5. The molecule has 0 radical (unpaired) electrons. The molecule has 1 amide bonds. The van der Waals surface area contributed by atoms with Crippen molar-refractivity contribution in [3.05, 3.63) is 12.0 Å². The Morgan fingerprint density at radius 2 is 1.88 bits per heavy atom. The molecule has 0 aromatic carbocycles. The van der Waals surface area contributed by atoms with Gasteiger partial charge < -0.3 is 9.47 Å². The van der Waals surface area contributed by atoms with Crippen molar-refractivity contribution in [3.63, 3.8) is 0 Å². The first-order valence-corrected chi connectivity index (χ1v) is 11.1. The fraction of sp³-hybridized carbons (Fsp3) is 0.778. The summed E-state index contributed by atoms with van der Waals surface area (Å²) in [5.74, 6) is 1.54. The Bertz CT molecular complexity index is 718. The summed E-state index contributed by atoms with van der Waals surface area (Å²) < 4.78 is 28.8. The van der Waals surface area contributed by atoms with Crippen molar-refractivity contribution in [1.29, 1.82) is 0 Å². The van der Waals surface area contributed by atoms with Crippen LogP contribution in [0.2, 0.25) is 0 Å². The highest BCUT2D eigenvalue weighted by molar-refractivity contribution is 7.89. The fourth-order valence-corrected chi connectivity index (χ4v) is 5.45. The van der Waals surface area contributed by atoms with Crippen LogP contribution >= 0.6 is 0 Å². The van der Waals surface area contributed by atoms with Crippen molar-refractivity contribution >= 4 is 15.9 Å². The predicted octanol–water partition coefficient (Wildman–Crippen LogP) is 1.92. The second-order valence-corrected chi connectivity index (χ2v) is 9.45. The second-order valence-electron chi connectivity index (χ2n) is 7.56. The summed E-state index contributed by atoms with van der Waals surface area (Å²) in [6, 6.07) is 0.